The molecule has 0 bridgehead atoms. The van der Waals surface area contributed by atoms with Crippen molar-refractivity contribution in [3.63, 3.8) is 0 Å². The summed E-state index contributed by atoms with van der Waals surface area (Å²) in [5, 5.41) is 3.47. The van der Waals surface area contributed by atoms with E-state index < -0.39 is 0 Å². The molecule has 1 aliphatic carbocycles. The molecule has 0 saturated heterocycles. The van der Waals surface area contributed by atoms with E-state index in [1.807, 2.05) is 0 Å². The SMILES string of the molecule is CC1(C)CCC(COc2cccc3c2CCCN3)CC1. The number of fused-ring (bicyclic) bond motifs is 1. The van der Waals surface area contributed by atoms with E-state index in [0.717, 1.165) is 31.2 Å². The van der Waals surface area contributed by atoms with E-state index in [4.69, 9.17) is 4.74 Å². The number of anilines is 1. The lowest BCUT2D eigenvalue weighted by atomic mass is 9.73. The molecule has 1 aromatic rings. The number of hydrogen-bond acceptors (Lipinski definition) is 2. The van der Waals surface area contributed by atoms with Crippen LogP contribution < -0.4 is 10.1 Å². The zero-order chi connectivity index (χ0) is 14.0. The van der Waals surface area contributed by atoms with Crippen LogP contribution >= 0.6 is 0 Å². The Kier molecular flexibility index (Phi) is 3.91. The van der Waals surface area contributed by atoms with E-state index in [9.17, 15) is 0 Å². The fraction of sp³-hybridized carbons (Fsp3) is 0.667. The van der Waals surface area contributed by atoms with Crippen LogP contribution in [-0.4, -0.2) is 13.2 Å². The largest absolute Gasteiger partial charge is 0.493 e. The van der Waals surface area contributed by atoms with Gasteiger partial charge in [0.1, 0.15) is 5.75 Å². The van der Waals surface area contributed by atoms with Gasteiger partial charge in [0, 0.05) is 17.8 Å². The summed E-state index contributed by atoms with van der Waals surface area (Å²) in [4.78, 5) is 0. The van der Waals surface area contributed by atoms with Crippen molar-refractivity contribution < 1.29 is 4.74 Å². The third-order valence-electron chi connectivity index (χ3n) is 4.99. The average Bonchev–Trinajstić information content (AvgIpc) is 2.46. The van der Waals surface area contributed by atoms with Gasteiger partial charge in [0.15, 0.2) is 0 Å². The molecule has 1 aromatic carbocycles. The van der Waals surface area contributed by atoms with E-state index in [2.05, 4.69) is 37.4 Å². The monoisotopic (exact) mass is 273 g/mol. The molecule has 0 atom stereocenters. The topological polar surface area (TPSA) is 21.3 Å². The number of rotatable bonds is 3. The quantitative estimate of drug-likeness (QED) is 0.866. The minimum absolute atomic E-state index is 0.548. The molecule has 110 valence electrons. The first-order valence-corrected chi connectivity index (χ1v) is 8.13. The maximum absolute atomic E-state index is 6.17. The highest BCUT2D eigenvalue weighted by Gasteiger charge is 2.27. The van der Waals surface area contributed by atoms with Crippen LogP contribution in [0.5, 0.6) is 5.75 Å². The summed E-state index contributed by atoms with van der Waals surface area (Å²) in [6.45, 7) is 6.77. The van der Waals surface area contributed by atoms with Gasteiger partial charge in [0.25, 0.3) is 0 Å². The highest BCUT2D eigenvalue weighted by atomic mass is 16.5. The Morgan fingerprint density at radius 1 is 1.25 bits per heavy atom. The summed E-state index contributed by atoms with van der Waals surface area (Å²) in [6.07, 6.45) is 7.69. The molecular weight excluding hydrogens is 246 g/mol. The molecule has 1 fully saturated rings. The van der Waals surface area contributed by atoms with Gasteiger partial charge in [-0.3, -0.25) is 0 Å². The van der Waals surface area contributed by atoms with E-state index in [1.54, 1.807) is 0 Å². The fourth-order valence-electron chi connectivity index (χ4n) is 3.45. The summed E-state index contributed by atoms with van der Waals surface area (Å²) < 4.78 is 6.17. The summed E-state index contributed by atoms with van der Waals surface area (Å²) in [5.74, 6) is 1.86. The summed E-state index contributed by atoms with van der Waals surface area (Å²) in [5.41, 5.74) is 3.21. The average molecular weight is 273 g/mol. The molecule has 3 rings (SSSR count). The van der Waals surface area contributed by atoms with Crippen molar-refractivity contribution in [3.05, 3.63) is 23.8 Å². The molecule has 0 aromatic heterocycles. The first kappa shape index (κ1) is 13.8. The van der Waals surface area contributed by atoms with Crippen LogP contribution in [0.2, 0.25) is 0 Å². The van der Waals surface area contributed by atoms with Crippen molar-refractivity contribution in [2.24, 2.45) is 11.3 Å². The molecular formula is C18H27NO. The second-order valence-corrected chi connectivity index (χ2v) is 7.23. The molecule has 1 saturated carbocycles. The molecule has 2 nitrogen and oxygen atoms in total. The zero-order valence-corrected chi connectivity index (χ0v) is 12.9. The Morgan fingerprint density at radius 2 is 2.05 bits per heavy atom. The zero-order valence-electron chi connectivity index (χ0n) is 12.9. The van der Waals surface area contributed by atoms with Crippen LogP contribution in [0.3, 0.4) is 0 Å². The van der Waals surface area contributed by atoms with Crippen LogP contribution in [-0.2, 0) is 6.42 Å². The summed E-state index contributed by atoms with van der Waals surface area (Å²) in [7, 11) is 0. The van der Waals surface area contributed by atoms with Gasteiger partial charge in [0.2, 0.25) is 0 Å². The van der Waals surface area contributed by atoms with E-state index in [0.29, 0.717) is 5.41 Å². The lowest BCUT2D eigenvalue weighted by molar-refractivity contribution is 0.142. The van der Waals surface area contributed by atoms with Gasteiger partial charge in [-0.1, -0.05) is 19.9 Å². The Bertz CT molecular complexity index is 456. The molecule has 1 N–H and O–H groups in total. The predicted octanol–water partition coefficient (Wildman–Crippen LogP) is 4.64. The van der Waals surface area contributed by atoms with Crippen LogP contribution in [0.4, 0.5) is 5.69 Å². The molecule has 2 heteroatoms. The van der Waals surface area contributed by atoms with Gasteiger partial charge in [-0.15, -0.1) is 0 Å². The second kappa shape index (κ2) is 5.67. The first-order valence-electron chi connectivity index (χ1n) is 8.13. The van der Waals surface area contributed by atoms with Gasteiger partial charge >= 0.3 is 0 Å². The van der Waals surface area contributed by atoms with Crippen LogP contribution in [0.25, 0.3) is 0 Å². The number of nitrogens with one attached hydrogen (secondary N) is 1. The molecule has 2 aliphatic rings. The summed E-state index contributed by atoms with van der Waals surface area (Å²) >= 11 is 0. The highest BCUT2D eigenvalue weighted by Crippen LogP contribution is 2.38. The standard InChI is InChI=1S/C18H27NO/c1-18(2)10-8-14(9-11-18)13-20-17-7-3-6-16-15(17)5-4-12-19-16/h3,6-7,14,19H,4-5,8-13H2,1-2H3. The Balaban J connectivity index is 1.59. The third kappa shape index (κ3) is 3.11. The molecule has 0 spiro atoms. The van der Waals surface area contributed by atoms with E-state index in [1.165, 1.54) is 43.4 Å². The third-order valence-corrected chi connectivity index (χ3v) is 4.99. The van der Waals surface area contributed by atoms with Gasteiger partial charge in [0.05, 0.1) is 6.61 Å². The molecule has 1 aliphatic heterocycles. The number of benzene rings is 1. The molecule has 0 radical (unpaired) electrons. The predicted molar refractivity (Wildman–Crippen MR) is 84.5 cm³/mol. The molecule has 0 unspecified atom stereocenters. The van der Waals surface area contributed by atoms with Crippen molar-refractivity contribution in [1.29, 1.82) is 0 Å². The number of ether oxygens (including phenoxy) is 1. The molecule has 0 amide bonds. The number of hydrogen-bond donors (Lipinski definition) is 1. The van der Waals surface area contributed by atoms with E-state index >= 15 is 0 Å². The van der Waals surface area contributed by atoms with Crippen molar-refractivity contribution in [3.8, 4) is 5.75 Å². The Labute approximate surface area is 122 Å². The fourth-order valence-corrected chi connectivity index (χ4v) is 3.45. The minimum Gasteiger partial charge on any atom is -0.493 e. The van der Waals surface area contributed by atoms with Crippen molar-refractivity contribution in [1.82, 2.24) is 0 Å². The van der Waals surface area contributed by atoms with Crippen LogP contribution in [0, 0.1) is 11.3 Å². The second-order valence-electron chi connectivity index (χ2n) is 7.23. The normalized spacial score (nSPS) is 21.9. The van der Waals surface area contributed by atoms with Crippen LogP contribution in [0.15, 0.2) is 18.2 Å². The lowest BCUT2D eigenvalue weighted by Crippen LogP contribution is -2.25. The first-order chi connectivity index (χ1) is 9.64. The molecule has 1 heterocycles. The smallest absolute Gasteiger partial charge is 0.124 e. The Hall–Kier alpha value is -1.18. The van der Waals surface area contributed by atoms with Gasteiger partial charge in [-0.05, 0) is 62.0 Å². The van der Waals surface area contributed by atoms with Gasteiger partial charge in [-0.25, -0.2) is 0 Å². The van der Waals surface area contributed by atoms with Crippen molar-refractivity contribution >= 4 is 5.69 Å². The minimum atomic E-state index is 0.548. The Morgan fingerprint density at radius 3 is 2.85 bits per heavy atom. The maximum Gasteiger partial charge on any atom is 0.124 e. The van der Waals surface area contributed by atoms with Crippen LogP contribution in [0.1, 0.15) is 51.5 Å². The highest BCUT2D eigenvalue weighted by molar-refractivity contribution is 5.59. The maximum atomic E-state index is 6.17. The van der Waals surface area contributed by atoms with Gasteiger partial charge in [-0.2, -0.15) is 0 Å². The lowest BCUT2D eigenvalue weighted by Gasteiger charge is -2.34. The van der Waals surface area contributed by atoms with Crippen molar-refractivity contribution in [2.45, 2.75) is 52.4 Å². The molecule has 20 heavy (non-hydrogen) atoms. The van der Waals surface area contributed by atoms with E-state index in [-0.39, 0.29) is 0 Å². The van der Waals surface area contributed by atoms with Crippen molar-refractivity contribution in [2.75, 3.05) is 18.5 Å². The van der Waals surface area contributed by atoms with Gasteiger partial charge < -0.3 is 10.1 Å². The summed E-state index contributed by atoms with van der Waals surface area (Å²) in [6, 6.07) is 6.42.